The Morgan fingerprint density at radius 2 is 1.86 bits per heavy atom. The second-order valence-corrected chi connectivity index (χ2v) is 6.56. The number of amides is 1. The molecule has 1 aliphatic rings. The van der Waals surface area contributed by atoms with Crippen LogP contribution in [0, 0.1) is 5.41 Å². The van der Waals surface area contributed by atoms with Gasteiger partial charge in [-0.2, -0.15) is 0 Å². The first-order valence-electron chi connectivity index (χ1n) is 9.55. The molecular formula is C22H27N3O4. The number of ether oxygens (including phenoxy) is 2. The molecule has 3 rings (SSSR count). The number of rotatable bonds is 5. The van der Waals surface area contributed by atoms with E-state index in [1.165, 1.54) is 6.92 Å². The van der Waals surface area contributed by atoms with E-state index in [0.717, 1.165) is 42.9 Å². The van der Waals surface area contributed by atoms with Crippen LogP contribution in [0.25, 0.3) is 0 Å². The minimum Gasteiger partial charge on any atom is -0.493 e. The Morgan fingerprint density at radius 1 is 1.17 bits per heavy atom. The van der Waals surface area contributed by atoms with Crippen LogP contribution in [0.3, 0.4) is 0 Å². The van der Waals surface area contributed by atoms with Crippen LogP contribution in [0.4, 0.5) is 5.69 Å². The molecule has 1 aliphatic heterocycles. The Morgan fingerprint density at radius 3 is 2.45 bits per heavy atom. The molecule has 0 radical (unpaired) electrons. The molecule has 7 heteroatoms. The molecule has 2 aromatic carbocycles. The number of anilines is 1. The smallest absolute Gasteiger partial charge is 0.302 e. The summed E-state index contributed by atoms with van der Waals surface area (Å²) in [5, 5.41) is 10.2. The van der Waals surface area contributed by atoms with Gasteiger partial charge in [-0.25, -0.2) is 0 Å². The lowest BCUT2D eigenvalue weighted by Gasteiger charge is -2.18. The number of carbonyl (C=O) groups excluding carboxylic acids is 2. The van der Waals surface area contributed by atoms with Gasteiger partial charge in [0.1, 0.15) is 11.6 Å². The number of hydrogen-bond donors (Lipinski definition) is 3. The molecule has 29 heavy (non-hydrogen) atoms. The summed E-state index contributed by atoms with van der Waals surface area (Å²) in [5.74, 6) is 0.505. The van der Waals surface area contributed by atoms with Crippen molar-refractivity contribution in [3.63, 3.8) is 0 Å². The summed E-state index contributed by atoms with van der Waals surface area (Å²) < 4.78 is 10.1. The van der Waals surface area contributed by atoms with E-state index in [4.69, 9.17) is 15.9 Å². The molecule has 0 fully saturated rings. The van der Waals surface area contributed by atoms with Crippen molar-refractivity contribution >= 4 is 23.4 Å². The van der Waals surface area contributed by atoms with Crippen molar-refractivity contribution in [2.45, 2.75) is 33.1 Å². The Balaban J connectivity index is 0.000000370. The number of fused-ring (bicyclic) bond motifs is 1. The fourth-order valence-electron chi connectivity index (χ4n) is 2.69. The minimum atomic E-state index is -0.193. The molecule has 0 spiro atoms. The van der Waals surface area contributed by atoms with Crippen molar-refractivity contribution in [2.24, 2.45) is 5.73 Å². The van der Waals surface area contributed by atoms with Gasteiger partial charge < -0.3 is 20.5 Å². The molecule has 0 saturated carbocycles. The molecule has 4 N–H and O–H groups in total. The number of aryl methyl sites for hydroxylation is 1. The number of carbonyl (C=O) groups is 2. The molecule has 0 atom stereocenters. The average molecular weight is 397 g/mol. The maximum absolute atomic E-state index is 12.2. The molecule has 1 heterocycles. The van der Waals surface area contributed by atoms with Crippen LogP contribution in [0.5, 0.6) is 5.75 Å². The second kappa shape index (κ2) is 10.8. The fourth-order valence-corrected chi connectivity index (χ4v) is 2.69. The number of amidine groups is 1. The molecule has 0 saturated heterocycles. The SMILES string of the molecule is CCCOC(C)=O.N=C(N)c1ccc(C(=O)Nc2ccc3c(c2)CCCO3)cc1. The van der Waals surface area contributed by atoms with Gasteiger partial charge in [0, 0.05) is 23.7 Å². The normalized spacial score (nSPS) is 11.8. The molecule has 154 valence electrons. The average Bonchev–Trinajstić information content (AvgIpc) is 2.72. The van der Waals surface area contributed by atoms with Crippen molar-refractivity contribution < 1.29 is 19.1 Å². The maximum Gasteiger partial charge on any atom is 0.302 e. The van der Waals surface area contributed by atoms with Crippen LogP contribution < -0.4 is 15.8 Å². The summed E-state index contributed by atoms with van der Waals surface area (Å²) >= 11 is 0. The van der Waals surface area contributed by atoms with Crippen LogP contribution in [0.1, 0.15) is 48.2 Å². The predicted molar refractivity (Wildman–Crippen MR) is 113 cm³/mol. The Labute approximate surface area is 170 Å². The van der Waals surface area contributed by atoms with E-state index >= 15 is 0 Å². The third-order valence-corrected chi connectivity index (χ3v) is 4.13. The second-order valence-electron chi connectivity index (χ2n) is 6.56. The van der Waals surface area contributed by atoms with E-state index in [9.17, 15) is 9.59 Å². The van der Waals surface area contributed by atoms with Gasteiger partial charge >= 0.3 is 5.97 Å². The topological polar surface area (TPSA) is 115 Å². The zero-order chi connectivity index (χ0) is 21.2. The van der Waals surface area contributed by atoms with Gasteiger partial charge in [0.2, 0.25) is 0 Å². The largest absolute Gasteiger partial charge is 0.493 e. The Kier molecular flexibility index (Phi) is 8.21. The van der Waals surface area contributed by atoms with Crippen molar-refractivity contribution in [3.8, 4) is 5.75 Å². The number of nitrogens with one attached hydrogen (secondary N) is 2. The zero-order valence-corrected chi connectivity index (χ0v) is 16.8. The lowest BCUT2D eigenvalue weighted by atomic mass is 10.1. The number of hydrogen-bond acceptors (Lipinski definition) is 5. The summed E-state index contributed by atoms with van der Waals surface area (Å²) in [4.78, 5) is 22.2. The van der Waals surface area contributed by atoms with Crippen molar-refractivity contribution in [2.75, 3.05) is 18.5 Å². The van der Waals surface area contributed by atoms with E-state index in [2.05, 4.69) is 10.1 Å². The molecule has 1 amide bonds. The number of esters is 1. The van der Waals surface area contributed by atoms with Gasteiger partial charge in [-0.3, -0.25) is 15.0 Å². The molecule has 2 aromatic rings. The highest BCUT2D eigenvalue weighted by Gasteiger charge is 2.12. The van der Waals surface area contributed by atoms with Gasteiger partial charge in [0.15, 0.2) is 0 Å². The molecule has 0 aromatic heterocycles. The van der Waals surface area contributed by atoms with E-state index < -0.39 is 0 Å². The van der Waals surface area contributed by atoms with Crippen LogP contribution in [-0.2, 0) is 16.0 Å². The molecular weight excluding hydrogens is 370 g/mol. The van der Waals surface area contributed by atoms with Gasteiger partial charge in [0.05, 0.1) is 13.2 Å². The van der Waals surface area contributed by atoms with Gasteiger partial charge in [-0.05, 0) is 55.2 Å². The Hall–Kier alpha value is -3.35. The van der Waals surface area contributed by atoms with E-state index in [-0.39, 0.29) is 17.7 Å². The van der Waals surface area contributed by atoms with Crippen LogP contribution in [0.15, 0.2) is 42.5 Å². The zero-order valence-electron chi connectivity index (χ0n) is 16.8. The third-order valence-electron chi connectivity index (χ3n) is 4.13. The van der Waals surface area contributed by atoms with Crippen molar-refractivity contribution in [3.05, 3.63) is 59.2 Å². The van der Waals surface area contributed by atoms with E-state index in [1.807, 2.05) is 25.1 Å². The summed E-state index contributed by atoms with van der Waals surface area (Å²) in [6.45, 7) is 4.68. The summed E-state index contributed by atoms with van der Waals surface area (Å²) in [7, 11) is 0. The van der Waals surface area contributed by atoms with Gasteiger partial charge in [-0.15, -0.1) is 0 Å². The monoisotopic (exact) mass is 397 g/mol. The number of nitrogen functional groups attached to an aromatic ring is 1. The van der Waals surface area contributed by atoms with E-state index in [1.54, 1.807) is 24.3 Å². The number of nitrogens with two attached hydrogens (primary N) is 1. The lowest BCUT2D eigenvalue weighted by molar-refractivity contribution is -0.140. The molecule has 0 aliphatic carbocycles. The minimum absolute atomic E-state index is 0.0124. The summed E-state index contributed by atoms with van der Waals surface area (Å²) in [6.07, 6.45) is 2.86. The Bertz CT molecular complexity index is 863. The first-order valence-corrected chi connectivity index (χ1v) is 9.55. The standard InChI is InChI=1S/C17H17N3O2.C5H10O2/c18-16(19)11-3-5-12(6-4-11)17(21)20-14-7-8-15-13(10-14)2-1-9-22-15;1-3-4-7-5(2)6/h3-8,10H,1-2,9H2,(H3,18,19)(H,20,21);3-4H2,1-2H3. The fraction of sp³-hybridized carbons (Fsp3) is 0.318. The summed E-state index contributed by atoms with van der Waals surface area (Å²) in [6, 6.07) is 12.3. The van der Waals surface area contributed by atoms with Gasteiger partial charge in [-0.1, -0.05) is 19.1 Å². The van der Waals surface area contributed by atoms with Crippen LogP contribution in [-0.4, -0.2) is 30.9 Å². The van der Waals surface area contributed by atoms with Crippen molar-refractivity contribution in [1.29, 1.82) is 5.41 Å². The highest BCUT2D eigenvalue weighted by atomic mass is 16.5. The molecule has 7 nitrogen and oxygen atoms in total. The quantitative estimate of drug-likeness (QED) is 0.406. The molecule has 0 unspecified atom stereocenters. The lowest BCUT2D eigenvalue weighted by Crippen LogP contribution is -2.15. The highest BCUT2D eigenvalue weighted by molar-refractivity contribution is 6.05. The van der Waals surface area contributed by atoms with Crippen LogP contribution in [0.2, 0.25) is 0 Å². The van der Waals surface area contributed by atoms with Crippen LogP contribution >= 0.6 is 0 Å². The van der Waals surface area contributed by atoms with E-state index in [0.29, 0.717) is 17.7 Å². The maximum atomic E-state index is 12.2. The predicted octanol–water partition coefficient (Wildman–Crippen LogP) is 3.51. The first-order chi connectivity index (χ1) is 13.9. The highest BCUT2D eigenvalue weighted by Crippen LogP contribution is 2.27. The van der Waals surface area contributed by atoms with Gasteiger partial charge in [0.25, 0.3) is 5.91 Å². The van der Waals surface area contributed by atoms with Crippen molar-refractivity contribution in [1.82, 2.24) is 0 Å². The summed E-state index contributed by atoms with van der Waals surface area (Å²) in [5.41, 5.74) is 8.40. The molecule has 0 bridgehead atoms. The number of benzene rings is 2. The first kappa shape index (κ1) is 21.9. The third kappa shape index (κ3) is 6.95.